The van der Waals surface area contributed by atoms with Crippen molar-refractivity contribution in [2.24, 2.45) is 5.73 Å². The zero-order chi connectivity index (χ0) is 15.5. The monoisotopic (exact) mass is 294 g/mol. The summed E-state index contributed by atoms with van der Waals surface area (Å²) in [6.07, 6.45) is -1.42. The number of benzene rings is 1. The molecule has 0 aromatic heterocycles. The number of aliphatic hydroxyl groups is 3. The van der Waals surface area contributed by atoms with E-state index < -0.39 is 23.7 Å². The van der Waals surface area contributed by atoms with Crippen LogP contribution in [0.25, 0.3) is 0 Å². The van der Waals surface area contributed by atoms with E-state index in [1.807, 2.05) is 0 Å². The average molecular weight is 294 g/mol. The maximum Gasteiger partial charge on any atom is 0.220 e. The lowest BCUT2D eigenvalue weighted by molar-refractivity contribution is -0.121. The minimum absolute atomic E-state index is 0.293. The highest BCUT2D eigenvalue weighted by atomic mass is 16.3. The summed E-state index contributed by atoms with van der Waals surface area (Å²) in [7, 11) is 0. The Kier molecular flexibility index (Phi) is 4.95. The number of rotatable bonds is 5. The smallest absolute Gasteiger partial charge is 0.220 e. The number of aliphatic hydroxyl groups excluding tert-OH is 2. The topological polar surface area (TPSA) is 116 Å². The molecule has 1 amide bonds. The van der Waals surface area contributed by atoms with Crippen molar-refractivity contribution in [1.29, 1.82) is 0 Å². The number of hydrogen-bond acceptors (Lipinski definition) is 5. The lowest BCUT2D eigenvalue weighted by Crippen LogP contribution is -2.39. The van der Waals surface area contributed by atoms with Crippen LogP contribution in [-0.2, 0) is 10.4 Å². The van der Waals surface area contributed by atoms with E-state index in [0.717, 1.165) is 18.7 Å². The van der Waals surface area contributed by atoms with Gasteiger partial charge in [-0.25, -0.2) is 0 Å². The van der Waals surface area contributed by atoms with Crippen LogP contribution in [-0.4, -0.2) is 40.4 Å². The van der Waals surface area contributed by atoms with Crippen molar-refractivity contribution in [2.45, 2.75) is 37.1 Å². The summed E-state index contributed by atoms with van der Waals surface area (Å²) >= 11 is 0. The molecule has 0 aliphatic carbocycles. The van der Waals surface area contributed by atoms with Crippen LogP contribution in [0, 0.1) is 0 Å². The van der Waals surface area contributed by atoms with Gasteiger partial charge in [-0.3, -0.25) is 4.79 Å². The van der Waals surface area contributed by atoms with Crippen molar-refractivity contribution in [2.75, 3.05) is 13.1 Å². The van der Waals surface area contributed by atoms with Crippen molar-refractivity contribution in [3.8, 4) is 0 Å². The lowest BCUT2D eigenvalue weighted by Gasteiger charge is -2.33. The molecule has 0 spiro atoms. The van der Waals surface area contributed by atoms with Crippen LogP contribution >= 0.6 is 0 Å². The molecule has 6 heteroatoms. The average Bonchev–Trinajstić information content (AvgIpc) is 2.46. The van der Waals surface area contributed by atoms with E-state index in [2.05, 4.69) is 5.32 Å². The second-order valence-electron chi connectivity index (χ2n) is 5.59. The van der Waals surface area contributed by atoms with Crippen LogP contribution < -0.4 is 11.1 Å². The number of hydrogen-bond donors (Lipinski definition) is 5. The highest BCUT2D eigenvalue weighted by Crippen LogP contribution is 2.31. The van der Waals surface area contributed by atoms with Crippen LogP contribution in [0.5, 0.6) is 0 Å². The summed E-state index contributed by atoms with van der Waals surface area (Å²) < 4.78 is 0. The normalized spacial score (nSPS) is 20.7. The minimum atomic E-state index is -1.23. The first-order chi connectivity index (χ1) is 9.92. The van der Waals surface area contributed by atoms with Gasteiger partial charge in [-0.2, -0.15) is 0 Å². The molecule has 1 aromatic rings. The van der Waals surface area contributed by atoms with E-state index in [4.69, 9.17) is 5.73 Å². The third-order valence-electron chi connectivity index (χ3n) is 4.00. The summed E-state index contributed by atoms with van der Waals surface area (Å²) in [6, 6.07) is 6.82. The number of carbonyl (C=O) groups excluding carboxylic acids is 1. The molecular formula is C15H22N2O4. The van der Waals surface area contributed by atoms with E-state index in [1.54, 1.807) is 24.3 Å². The Bertz CT molecular complexity index is 483. The van der Waals surface area contributed by atoms with Gasteiger partial charge >= 0.3 is 0 Å². The molecule has 6 nitrogen and oxygen atoms in total. The predicted octanol–water partition coefficient (Wildman–Crippen LogP) is -0.473. The third kappa shape index (κ3) is 3.79. The van der Waals surface area contributed by atoms with Crippen molar-refractivity contribution in [3.05, 3.63) is 35.4 Å². The molecule has 0 saturated carbocycles. The van der Waals surface area contributed by atoms with Gasteiger partial charge in [0.1, 0.15) is 6.10 Å². The number of nitrogens with one attached hydrogen (secondary N) is 1. The molecule has 116 valence electrons. The predicted molar refractivity (Wildman–Crippen MR) is 77.2 cm³/mol. The fourth-order valence-corrected chi connectivity index (χ4v) is 2.66. The van der Waals surface area contributed by atoms with Gasteiger partial charge in [-0.1, -0.05) is 24.3 Å². The Hall–Kier alpha value is -1.47. The molecule has 1 fully saturated rings. The van der Waals surface area contributed by atoms with Crippen molar-refractivity contribution in [1.82, 2.24) is 5.32 Å². The molecule has 2 atom stereocenters. The number of piperidine rings is 1. The van der Waals surface area contributed by atoms with E-state index in [-0.39, 0.29) is 6.42 Å². The first kappa shape index (κ1) is 15.9. The quantitative estimate of drug-likeness (QED) is 0.503. The summed E-state index contributed by atoms with van der Waals surface area (Å²) in [6.45, 7) is 1.52. The van der Waals surface area contributed by atoms with Crippen LogP contribution in [0.1, 0.15) is 36.5 Å². The Balaban J connectivity index is 2.09. The maximum atomic E-state index is 10.8. The number of carbonyl (C=O) groups is 1. The van der Waals surface area contributed by atoms with Gasteiger partial charge in [0.2, 0.25) is 5.91 Å². The molecular weight excluding hydrogens is 272 g/mol. The van der Waals surface area contributed by atoms with E-state index in [1.165, 1.54) is 0 Å². The Morgan fingerprint density at radius 1 is 1.24 bits per heavy atom. The molecule has 1 aromatic carbocycles. The summed E-state index contributed by atoms with van der Waals surface area (Å²) in [5, 5.41) is 33.5. The molecule has 2 unspecified atom stereocenters. The van der Waals surface area contributed by atoms with E-state index in [0.29, 0.717) is 18.4 Å². The molecule has 0 bridgehead atoms. The fraction of sp³-hybridized carbons (Fsp3) is 0.533. The minimum Gasteiger partial charge on any atom is -0.390 e. The second kappa shape index (κ2) is 6.53. The highest BCUT2D eigenvalue weighted by molar-refractivity contribution is 5.74. The van der Waals surface area contributed by atoms with Gasteiger partial charge in [-0.15, -0.1) is 0 Å². The maximum absolute atomic E-state index is 10.8. The van der Waals surface area contributed by atoms with Crippen molar-refractivity contribution < 1.29 is 20.1 Å². The Labute approximate surface area is 123 Å². The number of nitrogens with two attached hydrogens (primary N) is 1. The molecule has 0 radical (unpaired) electrons. The third-order valence-corrected chi connectivity index (χ3v) is 4.00. The summed E-state index contributed by atoms with van der Waals surface area (Å²) in [5.41, 5.74) is 5.44. The SMILES string of the molecule is NC(=O)CC(O)C(O)c1ccc(C2(O)CCNCC2)cc1. The lowest BCUT2D eigenvalue weighted by atomic mass is 9.84. The number of amides is 1. The van der Waals surface area contributed by atoms with Crippen LogP contribution in [0.4, 0.5) is 0 Å². The highest BCUT2D eigenvalue weighted by Gasteiger charge is 2.31. The zero-order valence-electron chi connectivity index (χ0n) is 11.8. The second-order valence-corrected chi connectivity index (χ2v) is 5.59. The molecule has 2 rings (SSSR count). The number of primary amides is 1. The van der Waals surface area contributed by atoms with E-state index >= 15 is 0 Å². The first-order valence-corrected chi connectivity index (χ1v) is 7.10. The fourth-order valence-electron chi connectivity index (χ4n) is 2.66. The van der Waals surface area contributed by atoms with E-state index in [9.17, 15) is 20.1 Å². The van der Waals surface area contributed by atoms with Gasteiger partial charge in [0.15, 0.2) is 0 Å². The Morgan fingerprint density at radius 2 is 1.81 bits per heavy atom. The molecule has 1 aliphatic heterocycles. The molecule has 1 heterocycles. The van der Waals surface area contributed by atoms with Gasteiger partial charge in [0, 0.05) is 0 Å². The molecule has 6 N–H and O–H groups in total. The van der Waals surface area contributed by atoms with Crippen LogP contribution in [0.15, 0.2) is 24.3 Å². The van der Waals surface area contributed by atoms with Gasteiger partial charge in [-0.05, 0) is 37.1 Å². The molecule has 21 heavy (non-hydrogen) atoms. The van der Waals surface area contributed by atoms with Crippen LogP contribution in [0.3, 0.4) is 0 Å². The van der Waals surface area contributed by atoms with Crippen molar-refractivity contribution >= 4 is 5.91 Å². The van der Waals surface area contributed by atoms with Crippen molar-refractivity contribution in [3.63, 3.8) is 0 Å². The molecule has 1 aliphatic rings. The standard InChI is InChI=1S/C15H22N2O4/c16-13(19)9-12(18)14(20)10-1-3-11(4-2-10)15(21)5-7-17-8-6-15/h1-4,12,14,17-18,20-21H,5-9H2,(H2,16,19). The van der Waals surface area contributed by atoms with Gasteiger partial charge in [0.05, 0.1) is 18.1 Å². The van der Waals surface area contributed by atoms with Gasteiger partial charge < -0.3 is 26.4 Å². The first-order valence-electron chi connectivity index (χ1n) is 7.10. The van der Waals surface area contributed by atoms with Gasteiger partial charge in [0.25, 0.3) is 0 Å². The summed E-state index contributed by atoms with van der Waals surface area (Å²) in [5.74, 6) is -0.665. The summed E-state index contributed by atoms with van der Waals surface area (Å²) in [4.78, 5) is 10.8. The zero-order valence-corrected chi connectivity index (χ0v) is 11.8. The largest absolute Gasteiger partial charge is 0.390 e. The Morgan fingerprint density at radius 3 is 2.33 bits per heavy atom. The van der Waals surface area contributed by atoms with Crippen LogP contribution in [0.2, 0.25) is 0 Å². The molecule has 1 saturated heterocycles.